The van der Waals surface area contributed by atoms with E-state index in [9.17, 15) is 0 Å². The molecule has 0 radical (unpaired) electrons. The van der Waals surface area contributed by atoms with Crippen molar-refractivity contribution in [3.8, 4) is 0 Å². The van der Waals surface area contributed by atoms with Crippen molar-refractivity contribution in [2.24, 2.45) is 16.7 Å². The lowest BCUT2D eigenvalue weighted by atomic mass is 9.70. The molecule has 0 nitrogen and oxygen atoms in total. The van der Waals surface area contributed by atoms with Crippen molar-refractivity contribution in [2.75, 3.05) is 12.0 Å². The zero-order chi connectivity index (χ0) is 9.69. The molecular weight excluding hydrogens is 196 g/mol. The van der Waals surface area contributed by atoms with Crippen LogP contribution in [0.5, 0.6) is 0 Å². The van der Waals surface area contributed by atoms with Crippen LogP contribution < -0.4 is 0 Å². The summed E-state index contributed by atoms with van der Waals surface area (Å²) in [6.45, 7) is 4.94. The first kappa shape index (κ1) is 10.2. The summed E-state index contributed by atoms with van der Waals surface area (Å²) < 4.78 is 0. The summed E-state index contributed by atoms with van der Waals surface area (Å²) in [7, 11) is 0. The molecule has 2 aliphatic carbocycles. The average molecular weight is 216 g/mol. The molecule has 0 N–H and O–H groups in total. The highest BCUT2D eigenvalue weighted by Crippen LogP contribution is 2.67. The summed E-state index contributed by atoms with van der Waals surface area (Å²) >= 11 is 6.82. The van der Waals surface area contributed by atoms with Gasteiger partial charge in [-0.05, 0) is 42.3 Å². The van der Waals surface area contributed by atoms with E-state index in [2.05, 4.69) is 20.1 Å². The van der Waals surface area contributed by atoms with Gasteiger partial charge in [-0.1, -0.05) is 13.8 Å². The van der Waals surface area contributed by atoms with E-state index in [1.54, 1.807) is 0 Å². The number of fused-ring (bicyclic) bond motifs is 2. The normalized spacial score (nSPS) is 47.1. The van der Waals surface area contributed by atoms with Gasteiger partial charge in [0.25, 0.3) is 0 Å². The van der Waals surface area contributed by atoms with E-state index >= 15 is 0 Å². The summed E-state index contributed by atoms with van der Waals surface area (Å²) in [4.78, 5) is 0. The summed E-state index contributed by atoms with van der Waals surface area (Å²) in [6.07, 6.45) is 6.46. The molecule has 0 aromatic rings. The van der Waals surface area contributed by atoms with Gasteiger partial charge >= 0.3 is 0 Å². The van der Waals surface area contributed by atoms with E-state index in [0.29, 0.717) is 16.1 Å². The lowest BCUT2D eigenvalue weighted by molar-refractivity contribution is 0.162. The van der Waals surface area contributed by atoms with E-state index in [4.69, 9.17) is 12.6 Å². The molecule has 3 atom stereocenters. The Labute approximate surface area is 91.7 Å². The molecule has 0 amide bonds. The van der Waals surface area contributed by atoms with Gasteiger partial charge in [-0.15, -0.1) is 0 Å². The fourth-order valence-electron chi connectivity index (χ4n) is 3.64. The molecule has 2 saturated carbocycles. The molecule has 3 unspecified atom stereocenters. The molecule has 0 spiro atoms. The first-order valence-electron chi connectivity index (χ1n) is 5.21. The maximum atomic E-state index is 4.82. The van der Waals surface area contributed by atoms with Gasteiger partial charge in [-0.25, -0.2) is 0 Å². The van der Waals surface area contributed by atoms with Gasteiger partial charge in [0.1, 0.15) is 0 Å². The third kappa shape index (κ3) is 1.14. The second kappa shape index (κ2) is 3.10. The van der Waals surface area contributed by atoms with Gasteiger partial charge in [-0.3, -0.25) is 0 Å². The first-order chi connectivity index (χ1) is 6.04. The van der Waals surface area contributed by atoms with Crippen LogP contribution in [0, 0.1) is 16.7 Å². The average Bonchev–Trinajstić information content (AvgIpc) is 2.38. The Morgan fingerprint density at radius 1 is 1.46 bits per heavy atom. The number of thioether (sulfide) groups is 1. The van der Waals surface area contributed by atoms with Crippen LogP contribution in [0.2, 0.25) is 0 Å². The Morgan fingerprint density at radius 2 is 2.15 bits per heavy atom. The van der Waals surface area contributed by atoms with E-state index in [1.807, 2.05) is 11.8 Å². The summed E-state index contributed by atoms with van der Waals surface area (Å²) in [5, 5.41) is 0.661. The predicted octanol–water partition coefficient (Wildman–Crippen LogP) is 3.47. The highest BCUT2D eigenvalue weighted by molar-refractivity contribution is 7.98. The van der Waals surface area contributed by atoms with E-state index in [1.165, 1.54) is 25.0 Å². The monoisotopic (exact) mass is 216 g/mol. The van der Waals surface area contributed by atoms with Crippen LogP contribution in [-0.2, 0) is 0 Å². The molecule has 0 saturated heterocycles. The minimum Gasteiger partial charge on any atom is -0.175 e. The lowest BCUT2D eigenvalue weighted by Gasteiger charge is -2.40. The van der Waals surface area contributed by atoms with Crippen molar-refractivity contribution in [2.45, 2.75) is 38.4 Å². The van der Waals surface area contributed by atoms with Crippen LogP contribution in [0.1, 0.15) is 33.1 Å². The largest absolute Gasteiger partial charge is 0.175 e. The summed E-state index contributed by atoms with van der Waals surface area (Å²) in [5.41, 5.74) is 1.09. The summed E-state index contributed by atoms with van der Waals surface area (Å²) in [6, 6.07) is 0. The van der Waals surface area contributed by atoms with Crippen molar-refractivity contribution in [3.05, 3.63) is 0 Å². The van der Waals surface area contributed by atoms with Crippen LogP contribution in [0.3, 0.4) is 0 Å². The number of hydrogen-bond acceptors (Lipinski definition) is 2. The number of thiol groups is 1. The zero-order valence-corrected chi connectivity index (χ0v) is 10.5. The van der Waals surface area contributed by atoms with Crippen LogP contribution in [0.15, 0.2) is 0 Å². The van der Waals surface area contributed by atoms with Crippen molar-refractivity contribution in [3.63, 3.8) is 0 Å². The van der Waals surface area contributed by atoms with Crippen molar-refractivity contribution in [1.29, 1.82) is 0 Å². The van der Waals surface area contributed by atoms with Crippen LogP contribution >= 0.6 is 24.4 Å². The molecule has 0 aromatic heterocycles. The van der Waals surface area contributed by atoms with E-state index in [-0.39, 0.29) is 0 Å². The third-order valence-corrected chi connectivity index (χ3v) is 6.30. The number of hydrogen-bond donors (Lipinski definition) is 1. The topological polar surface area (TPSA) is 0 Å². The zero-order valence-electron chi connectivity index (χ0n) is 8.84. The molecule has 2 fully saturated rings. The fraction of sp³-hybridized carbons (Fsp3) is 1.00. The second-order valence-corrected chi connectivity index (χ2v) is 6.79. The highest BCUT2D eigenvalue weighted by Gasteiger charge is 2.62. The molecule has 0 aromatic carbocycles. The van der Waals surface area contributed by atoms with Crippen molar-refractivity contribution < 1.29 is 0 Å². The van der Waals surface area contributed by atoms with Crippen LogP contribution in [0.4, 0.5) is 0 Å². The Kier molecular flexibility index (Phi) is 2.43. The maximum Gasteiger partial charge on any atom is 0.00892 e. The van der Waals surface area contributed by atoms with Crippen LogP contribution in [-0.4, -0.2) is 17.3 Å². The minimum absolute atomic E-state index is 0.542. The lowest BCUT2D eigenvalue weighted by Crippen LogP contribution is -2.38. The summed E-state index contributed by atoms with van der Waals surface area (Å²) in [5.74, 6) is 2.26. The minimum atomic E-state index is 0.542. The highest BCUT2D eigenvalue weighted by atomic mass is 32.2. The Morgan fingerprint density at radius 3 is 2.54 bits per heavy atom. The number of rotatable bonds is 2. The van der Waals surface area contributed by atoms with Gasteiger partial charge in [0.2, 0.25) is 0 Å². The van der Waals surface area contributed by atoms with Gasteiger partial charge in [-0.2, -0.15) is 24.4 Å². The van der Waals surface area contributed by atoms with Gasteiger partial charge < -0.3 is 0 Å². The predicted molar refractivity (Wildman–Crippen MR) is 64.7 cm³/mol. The van der Waals surface area contributed by atoms with Gasteiger partial charge in [0, 0.05) is 11.0 Å². The SMILES string of the molecule is CSCC12CCC(CC1S)C2(C)C. The maximum absolute atomic E-state index is 4.82. The molecular formula is C11H20S2. The second-order valence-electron chi connectivity index (χ2n) is 5.30. The fourth-order valence-corrected chi connectivity index (χ4v) is 5.80. The molecule has 2 bridgehead atoms. The Bertz CT molecular complexity index is 212. The molecule has 0 heterocycles. The van der Waals surface area contributed by atoms with Crippen molar-refractivity contribution in [1.82, 2.24) is 0 Å². The third-order valence-electron chi connectivity index (χ3n) is 4.79. The molecule has 2 heteroatoms. The molecule has 2 rings (SSSR count). The Hall–Kier alpha value is 0.700. The molecule has 0 aliphatic heterocycles. The van der Waals surface area contributed by atoms with E-state index < -0.39 is 0 Å². The standard InChI is InChI=1S/C11H20S2/c1-10(2)8-4-5-11(10,7-13-3)9(12)6-8/h8-9,12H,4-7H2,1-3H3. The molecule has 13 heavy (non-hydrogen) atoms. The molecule has 2 aliphatic rings. The Balaban J connectivity index is 2.31. The van der Waals surface area contributed by atoms with E-state index in [0.717, 1.165) is 5.92 Å². The quantitative estimate of drug-likeness (QED) is 0.690. The van der Waals surface area contributed by atoms with Gasteiger partial charge in [0.15, 0.2) is 0 Å². The van der Waals surface area contributed by atoms with Crippen LogP contribution in [0.25, 0.3) is 0 Å². The smallest absolute Gasteiger partial charge is 0.00892 e. The van der Waals surface area contributed by atoms with Gasteiger partial charge in [0.05, 0.1) is 0 Å². The molecule has 76 valence electrons. The first-order valence-corrected chi connectivity index (χ1v) is 7.12. The van der Waals surface area contributed by atoms with Crippen molar-refractivity contribution >= 4 is 24.4 Å².